The van der Waals surface area contributed by atoms with Crippen LogP contribution in [0.2, 0.25) is 5.02 Å². The molecule has 1 N–H and O–H groups in total. The molecule has 0 aliphatic carbocycles. The van der Waals surface area contributed by atoms with Gasteiger partial charge in [0, 0.05) is 16.3 Å². The fourth-order valence-electron chi connectivity index (χ4n) is 3.34. The molecule has 6 heteroatoms. The third-order valence-electron chi connectivity index (χ3n) is 4.75. The van der Waals surface area contributed by atoms with Crippen molar-refractivity contribution in [3.05, 3.63) is 94.3 Å². The van der Waals surface area contributed by atoms with E-state index in [1.807, 2.05) is 75.4 Å². The number of rotatable bonds is 4. The zero-order valence-corrected chi connectivity index (χ0v) is 17.7. The van der Waals surface area contributed by atoms with Gasteiger partial charge in [-0.1, -0.05) is 53.6 Å². The smallest absolute Gasteiger partial charge is 0.295 e. The maximum absolute atomic E-state index is 12.9. The lowest BCUT2D eigenvalue weighted by Crippen LogP contribution is -2.14. The monoisotopic (exact) mass is 416 g/mol. The van der Waals surface area contributed by atoms with Gasteiger partial charge in [-0.25, -0.2) is 9.67 Å². The van der Waals surface area contributed by atoms with Crippen molar-refractivity contribution in [3.8, 4) is 17.1 Å². The van der Waals surface area contributed by atoms with Crippen molar-refractivity contribution in [2.45, 2.75) is 20.8 Å². The van der Waals surface area contributed by atoms with E-state index in [4.69, 9.17) is 11.6 Å². The number of carbonyl (C=O) groups is 1. The molecule has 0 spiro atoms. The minimum atomic E-state index is -0.368. The highest BCUT2D eigenvalue weighted by Gasteiger charge is 2.20. The van der Waals surface area contributed by atoms with Gasteiger partial charge >= 0.3 is 0 Å². The van der Waals surface area contributed by atoms with Crippen LogP contribution >= 0.6 is 11.6 Å². The van der Waals surface area contributed by atoms with Crippen molar-refractivity contribution in [1.82, 2.24) is 14.8 Å². The number of carbonyl (C=O) groups excluding carboxylic acids is 1. The maximum atomic E-state index is 12.9. The molecule has 4 rings (SSSR count). The Labute approximate surface area is 180 Å². The average Bonchev–Trinajstić information content (AvgIpc) is 3.13. The van der Waals surface area contributed by atoms with Gasteiger partial charge in [0.25, 0.3) is 5.91 Å². The molecule has 0 saturated heterocycles. The van der Waals surface area contributed by atoms with Gasteiger partial charge in [0.05, 0.1) is 5.69 Å². The second-order valence-electron chi connectivity index (χ2n) is 7.29. The Bertz CT molecular complexity index is 1250. The maximum Gasteiger partial charge on any atom is 0.295 e. The number of aromatic nitrogens is 3. The third kappa shape index (κ3) is 4.11. The molecule has 0 aliphatic heterocycles. The molecule has 150 valence electrons. The lowest BCUT2D eigenvalue weighted by atomic mass is 10.1. The molecule has 5 nitrogen and oxygen atoms in total. The predicted octanol–water partition coefficient (Wildman–Crippen LogP) is 5.77. The SMILES string of the molecule is Cc1cccc(NC(=O)c2nc(-c3cccc(Cl)c3)n(-c3ccc(C)cc3C)n2)c1. The summed E-state index contributed by atoms with van der Waals surface area (Å²) in [5.74, 6) is 0.276. The van der Waals surface area contributed by atoms with E-state index in [1.54, 1.807) is 10.7 Å². The summed E-state index contributed by atoms with van der Waals surface area (Å²) in [7, 11) is 0. The lowest BCUT2D eigenvalue weighted by Gasteiger charge is -2.10. The molecule has 0 atom stereocenters. The first-order valence-corrected chi connectivity index (χ1v) is 9.97. The number of hydrogen-bond acceptors (Lipinski definition) is 3. The van der Waals surface area contributed by atoms with E-state index in [9.17, 15) is 4.79 Å². The summed E-state index contributed by atoms with van der Waals surface area (Å²) in [5, 5.41) is 8.01. The molecule has 1 aromatic heterocycles. The number of nitrogens with one attached hydrogen (secondary N) is 1. The van der Waals surface area contributed by atoms with Gasteiger partial charge in [-0.05, 0) is 62.2 Å². The third-order valence-corrected chi connectivity index (χ3v) is 4.98. The van der Waals surface area contributed by atoms with Crippen molar-refractivity contribution < 1.29 is 4.79 Å². The van der Waals surface area contributed by atoms with E-state index >= 15 is 0 Å². The number of hydrogen-bond donors (Lipinski definition) is 1. The Morgan fingerprint density at radius 3 is 2.43 bits per heavy atom. The highest BCUT2D eigenvalue weighted by molar-refractivity contribution is 6.30. The second kappa shape index (κ2) is 8.13. The Morgan fingerprint density at radius 2 is 1.70 bits per heavy atom. The van der Waals surface area contributed by atoms with Gasteiger partial charge in [-0.15, -0.1) is 5.10 Å². The van der Waals surface area contributed by atoms with Crippen molar-refractivity contribution in [3.63, 3.8) is 0 Å². The lowest BCUT2D eigenvalue weighted by molar-refractivity contribution is 0.101. The van der Waals surface area contributed by atoms with Crippen LogP contribution in [0.5, 0.6) is 0 Å². The van der Waals surface area contributed by atoms with Crippen LogP contribution < -0.4 is 5.32 Å². The van der Waals surface area contributed by atoms with Gasteiger partial charge in [0.15, 0.2) is 5.82 Å². The topological polar surface area (TPSA) is 59.8 Å². The molecule has 4 aromatic rings. The van der Waals surface area contributed by atoms with E-state index in [-0.39, 0.29) is 11.7 Å². The summed E-state index contributed by atoms with van der Waals surface area (Å²) >= 11 is 6.20. The summed E-state index contributed by atoms with van der Waals surface area (Å²) in [6.45, 7) is 6.02. The first-order valence-electron chi connectivity index (χ1n) is 9.59. The van der Waals surface area contributed by atoms with Gasteiger partial charge in [-0.3, -0.25) is 4.79 Å². The summed E-state index contributed by atoms with van der Waals surface area (Å²) in [6.07, 6.45) is 0. The molecule has 3 aromatic carbocycles. The van der Waals surface area contributed by atoms with E-state index < -0.39 is 0 Å². The van der Waals surface area contributed by atoms with Crippen LogP contribution in [0, 0.1) is 20.8 Å². The van der Waals surface area contributed by atoms with E-state index in [2.05, 4.69) is 21.5 Å². The Kier molecular flexibility index (Phi) is 5.38. The molecule has 0 radical (unpaired) electrons. The first-order chi connectivity index (χ1) is 14.4. The van der Waals surface area contributed by atoms with Crippen molar-refractivity contribution >= 4 is 23.2 Å². The van der Waals surface area contributed by atoms with Crippen LogP contribution in [-0.2, 0) is 0 Å². The molecule has 0 bridgehead atoms. The van der Waals surface area contributed by atoms with Crippen LogP contribution in [-0.4, -0.2) is 20.7 Å². The van der Waals surface area contributed by atoms with Crippen LogP contribution in [0.1, 0.15) is 27.3 Å². The van der Waals surface area contributed by atoms with Crippen molar-refractivity contribution in [1.29, 1.82) is 0 Å². The minimum Gasteiger partial charge on any atom is -0.319 e. The highest BCUT2D eigenvalue weighted by atomic mass is 35.5. The Hall–Kier alpha value is -3.44. The van der Waals surface area contributed by atoms with Gasteiger partial charge in [-0.2, -0.15) is 0 Å². The fraction of sp³-hybridized carbons (Fsp3) is 0.125. The zero-order valence-electron chi connectivity index (χ0n) is 17.0. The molecule has 0 aliphatic rings. The molecular formula is C24H21ClN4O. The second-order valence-corrected chi connectivity index (χ2v) is 7.73. The number of benzene rings is 3. The van der Waals surface area contributed by atoms with Crippen LogP contribution in [0.4, 0.5) is 5.69 Å². The average molecular weight is 417 g/mol. The predicted molar refractivity (Wildman–Crippen MR) is 120 cm³/mol. The van der Waals surface area contributed by atoms with E-state index in [0.29, 0.717) is 16.5 Å². The molecule has 1 heterocycles. The number of halogens is 1. The number of anilines is 1. The largest absolute Gasteiger partial charge is 0.319 e. The van der Waals surface area contributed by atoms with Crippen LogP contribution in [0.15, 0.2) is 66.7 Å². The summed E-state index contributed by atoms with van der Waals surface area (Å²) in [6, 6.07) is 21.0. The number of aryl methyl sites for hydroxylation is 3. The molecule has 0 fully saturated rings. The molecule has 1 amide bonds. The summed E-state index contributed by atoms with van der Waals surface area (Å²) in [5.41, 5.74) is 5.59. The minimum absolute atomic E-state index is 0.0893. The zero-order chi connectivity index (χ0) is 21.3. The standard InChI is InChI=1S/C24H21ClN4O/c1-15-6-4-9-20(13-15)26-24(30)22-27-23(18-7-5-8-19(25)14-18)29(28-22)21-11-10-16(2)12-17(21)3/h4-14H,1-3H3,(H,26,30). The normalized spacial score (nSPS) is 10.8. The van der Waals surface area contributed by atoms with Crippen LogP contribution in [0.25, 0.3) is 17.1 Å². The molecule has 30 heavy (non-hydrogen) atoms. The molecule has 0 saturated carbocycles. The molecular weight excluding hydrogens is 396 g/mol. The molecule has 0 unspecified atom stereocenters. The van der Waals surface area contributed by atoms with Gasteiger partial charge in [0.1, 0.15) is 0 Å². The van der Waals surface area contributed by atoms with Gasteiger partial charge < -0.3 is 5.32 Å². The first kappa shape index (κ1) is 19.9. The van der Waals surface area contributed by atoms with Crippen LogP contribution in [0.3, 0.4) is 0 Å². The van der Waals surface area contributed by atoms with Gasteiger partial charge in [0.2, 0.25) is 5.82 Å². The summed E-state index contributed by atoms with van der Waals surface area (Å²) in [4.78, 5) is 17.4. The quantitative estimate of drug-likeness (QED) is 0.459. The Balaban J connectivity index is 1.80. The highest BCUT2D eigenvalue weighted by Crippen LogP contribution is 2.26. The Morgan fingerprint density at radius 1 is 0.933 bits per heavy atom. The fourth-order valence-corrected chi connectivity index (χ4v) is 3.53. The van der Waals surface area contributed by atoms with E-state index in [0.717, 1.165) is 27.9 Å². The van der Waals surface area contributed by atoms with Crippen molar-refractivity contribution in [2.75, 3.05) is 5.32 Å². The van der Waals surface area contributed by atoms with E-state index in [1.165, 1.54) is 0 Å². The van der Waals surface area contributed by atoms with Crippen molar-refractivity contribution in [2.24, 2.45) is 0 Å². The number of nitrogens with zero attached hydrogens (tertiary/aromatic N) is 3. The summed E-state index contributed by atoms with van der Waals surface area (Å²) < 4.78 is 1.70. The number of amides is 1.